The van der Waals surface area contributed by atoms with Crippen LogP contribution in [-0.4, -0.2) is 88.9 Å². The van der Waals surface area contributed by atoms with E-state index >= 15 is 0 Å². The molecule has 3 aliphatic rings. The van der Waals surface area contributed by atoms with Crippen molar-refractivity contribution in [1.82, 2.24) is 20.0 Å². The average Bonchev–Trinajstić information content (AvgIpc) is 2.98. The normalized spacial score (nSPS) is 21.6. The van der Waals surface area contributed by atoms with Gasteiger partial charge in [-0.25, -0.2) is 14.5 Å². The van der Waals surface area contributed by atoms with E-state index in [0.717, 1.165) is 47.9 Å². The van der Waals surface area contributed by atoms with E-state index in [2.05, 4.69) is 5.32 Å². The van der Waals surface area contributed by atoms with Gasteiger partial charge >= 0.3 is 12.0 Å². The number of para-hydroxylation sites is 1. The van der Waals surface area contributed by atoms with Crippen LogP contribution in [0.25, 0.3) is 0 Å². The van der Waals surface area contributed by atoms with Crippen LogP contribution in [0.2, 0.25) is 0 Å². The number of rotatable bonds is 8. The second kappa shape index (κ2) is 12.5. The summed E-state index contributed by atoms with van der Waals surface area (Å²) in [5.74, 6) is -0.393. The predicted octanol–water partition coefficient (Wildman–Crippen LogP) is 2.98. The number of carbonyl (C=O) groups excluding carboxylic acids is 3. The number of piperidine rings is 1. The van der Waals surface area contributed by atoms with E-state index in [9.17, 15) is 24.3 Å². The van der Waals surface area contributed by atoms with Crippen molar-refractivity contribution in [2.24, 2.45) is 11.8 Å². The molecule has 5 rings (SSSR count). The quantitative estimate of drug-likeness (QED) is 0.487. The van der Waals surface area contributed by atoms with Crippen LogP contribution < -0.4 is 10.1 Å². The number of carbonyl (C=O) groups is 4. The number of carboxylic acid groups (broad SMARTS) is 1. The van der Waals surface area contributed by atoms with Crippen molar-refractivity contribution < 1.29 is 29.0 Å². The third-order valence-electron chi connectivity index (χ3n) is 8.15. The molecule has 3 heterocycles. The van der Waals surface area contributed by atoms with Gasteiger partial charge in [0.05, 0.1) is 5.92 Å². The number of nitrogens with zero attached hydrogens (tertiary/aromatic N) is 3. The summed E-state index contributed by atoms with van der Waals surface area (Å²) >= 11 is 0. The van der Waals surface area contributed by atoms with E-state index < -0.39 is 29.9 Å². The third-order valence-corrected chi connectivity index (χ3v) is 8.15. The van der Waals surface area contributed by atoms with Crippen LogP contribution >= 0.6 is 0 Å². The lowest BCUT2D eigenvalue weighted by Gasteiger charge is -2.47. The average molecular weight is 549 g/mol. The largest absolute Gasteiger partial charge is 0.480 e. The molecule has 10 nitrogen and oxygen atoms in total. The molecule has 2 N–H and O–H groups in total. The minimum absolute atomic E-state index is 0.00202. The van der Waals surface area contributed by atoms with Crippen LogP contribution in [0.4, 0.5) is 4.79 Å². The number of likely N-dealkylation sites (tertiary alicyclic amines) is 1. The van der Waals surface area contributed by atoms with E-state index in [1.54, 1.807) is 4.90 Å². The van der Waals surface area contributed by atoms with Crippen molar-refractivity contribution in [3.63, 3.8) is 0 Å². The van der Waals surface area contributed by atoms with E-state index in [4.69, 9.17) is 4.74 Å². The third kappa shape index (κ3) is 6.28. The minimum Gasteiger partial charge on any atom is -0.480 e. The highest BCUT2D eigenvalue weighted by Gasteiger charge is 2.56. The van der Waals surface area contributed by atoms with Gasteiger partial charge in [-0.2, -0.15) is 0 Å². The lowest BCUT2D eigenvalue weighted by Crippen LogP contribution is -2.69. The van der Waals surface area contributed by atoms with E-state index in [-0.39, 0.29) is 19.0 Å². The highest BCUT2D eigenvalue weighted by atomic mass is 16.5. The zero-order valence-corrected chi connectivity index (χ0v) is 22.5. The van der Waals surface area contributed by atoms with Gasteiger partial charge in [-0.15, -0.1) is 0 Å². The second-order valence-electron chi connectivity index (χ2n) is 10.7. The van der Waals surface area contributed by atoms with Crippen molar-refractivity contribution in [3.8, 4) is 11.5 Å². The van der Waals surface area contributed by atoms with Gasteiger partial charge in [0.25, 0.3) is 0 Å². The Morgan fingerprint density at radius 2 is 1.50 bits per heavy atom. The second-order valence-corrected chi connectivity index (χ2v) is 10.7. The number of amides is 4. The van der Waals surface area contributed by atoms with Gasteiger partial charge in [0.1, 0.15) is 11.5 Å². The van der Waals surface area contributed by atoms with Crippen LogP contribution in [0.5, 0.6) is 11.5 Å². The zero-order chi connectivity index (χ0) is 28.1. The van der Waals surface area contributed by atoms with Gasteiger partial charge < -0.3 is 25.0 Å². The predicted molar refractivity (Wildman–Crippen MR) is 147 cm³/mol. The van der Waals surface area contributed by atoms with Crippen LogP contribution in [-0.2, 0) is 20.8 Å². The molecule has 0 radical (unpaired) electrons. The summed E-state index contributed by atoms with van der Waals surface area (Å²) in [7, 11) is 0. The molecular weight excluding hydrogens is 512 g/mol. The number of nitrogens with one attached hydrogen (secondary N) is 1. The van der Waals surface area contributed by atoms with Gasteiger partial charge in [-0.1, -0.05) is 30.3 Å². The molecule has 0 saturated carbocycles. The molecule has 0 unspecified atom stereocenters. The Labute approximate surface area is 233 Å². The van der Waals surface area contributed by atoms with Gasteiger partial charge in [-0.3, -0.25) is 9.59 Å². The minimum atomic E-state index is -1.14. The first kappa shape index (κ1) is 27.6. The SMILES string of the molecule is O=C(O)[C@@H]1[C@@H](CC2CCNCC2)C(=O)N1C(=O)N1CCN(C(=O)CCc2ccc(Oc3ccccc3)cc2)CC1. The first-order chi connectivity index (χ1) is 19.4. The van der Waals surface area contributed by atoms with Crippen molar-refractivity contribution in [2.75, 3.05) is 39.3 Å². The van der Waals surface area contributed by atoms with Crippen LogP contribution in [0, 0.1) is 11.8 Å². The summed E-state index contributed by atoms with van der Waals surface area (Å²) in [4.78, 5) is 54.9. The number of urea groups is 1. The molecule has 2 aromatic rings. The molecule has 2 atom stereocenters. The van der Waals surface area contributed by atoms with Gasteiger partial charge in [-0.05, 0) is 74.5 Å². The Balaban J connectivity index is 1.07. The number of ether oxygens (including phenoxy) is 1. The lowest BCUT2D eigenvalue weighted by molar-refractivity contribution is -0.167. The number of imide groups is 1. The molecule has 0 spiro atoms. The molecule has 4 amide bonds. The maximum Gasteiger partial charge on any atom is 0.327 e. The number of β-lactam (4-membered cyclic amide) rings is 1. The van der Waals surface area contributed by atoms with E-state index in [0.29, 0.717) is 38.3 Å². The van der Waals surface area contributed by atoms with Crippen molar-refractivity contribution in [1.29, 1.82) is 0 Å². The fourth-order valence-electron chi connectivity index (χ4n) is 5.81. The van der Waals surface area contributed by atoms with Crippen molar-refractivity contribution in [2.45, 2.75) is 38.1 Å². The fourth-order valence-corrected chi connectivity index (χ4v) is 5.81. The number of aliphatic carboxylic acids is 1. The number of carboxylic acids is 1. The first-order valence-corrected chi connectivity index (χ1v) is 14.1. The molecular formula is C30H36N4O6. The standard InChI is InChI=1S/C30H36N4O6/c35-26(11-8-21-6-9-24(10-7-21)40-23-4-2-1-3-5-23)32-16-18-33(19-17-32)30(39)34-27(29(37)38)25(28(34)36)20-22-12-14-31-15-13-22/h1-7,9-10,22,25,27,31H,8,11-20H2,(H,37,38)/t25-,27+/m1/s1. The molecule has 0 aromatic heterocycles. The molecule has 3 fully saturated rings. The molecule has 3 saturated heterocycles. The highest BCUT2D eigenvalue weighted by Crippen LogP contribution is 2.35. The van der Waals surface area contributed by atoms with Crippen LogP contribution in [0.3, 0.4) is 0 Å². The topological polar surface area (TPSA) is 119 Å². The Morgan fingerprint density at radius 1 is 0.875 bits per heavy atom. The molecule has 2 aromatic carbocycles. The molecule has 40 heavy (non-hydrogen) atoms. The van der Waals surface area contributed by atoms with Gasteiger partial charge in [0.2, 0.25) is 11.8 Å². The Hall–Kier alpha value is -3.92. The number of hydrogen-bond acceptors (Lipinski definition) is 6. The summed E-state index contributed by atoms with van der Waals surface area (Å²) in [5.41, 5.74) is 1.03. The number of aryl methyl sites for hydroxylation is 1. The van der Waals surface area contributed by atoms with Gasteiger partial charge in [0.15, 0.2) is 6.04 Å². The summed E-state index contributed by atoms with van der Waals surface area (Å²) in [6.07, 6.45) is 3.26. The Kier molecular flexibility index (Phi) is 8.64. The lowest BCUT2D eigenvalue weighted by atomic mass is 9.78. The highest BCUT2D eigenvalue weighted by molar-refractivity contribution is 6.07. The fraction of sp³-hybridized carbons (Fsp3) is 0.467. The van der Waals surface area contributed by atoms with Crippen molar-refractivity contribution >= 4 is 23.8 Å². The van der Waals surface area contributed by atoms with Crippen LogP contribution in [0.1, 0.15) is 31.2 Å². The zero-order valence-electron chi connectivity index (χ0n) is 22.5. The summed E-state index contributed by atoms with van der Waals surface area (Å²) in [6, 6.07) is 15.5. The molecule has 0 aliphatic carbocycles. The summed E-state index contributed by atoms with van der Waals surface area (Å²) in [6.45, 7) is 2.98. The molecule has 10 heteroatoms. The number of hydrogen-bond donors (Lipinski definition) is 2. The molecule has 0 bridgehead atoms. The first-order valence-electron chi connectivity index (χ1n) is 14.1. The monoisotopic (exact) mass is 548 g/mol. The Morgan fingerprint density at radius 3 is 2.15 bits per heavy atom. The van der Waals surface area contributed by atoms with E-state index in [1.165, 1.54) is 4.90 Å². The molecule has 3 aliphatic heterocycles. The molecule has 212 valence electrons. The summed E-state index contributed by atoms with van der Waals surface area (Å²) < 4.78 is 5.81. The smallest absolute Gasteiger partial charge is 0.327 e. The van der Waals surface area contributed by atoms with Gasteiger partial charge in [0, 0.05) is 32.6 Å². The number of piperazine rings is 1. The maximum absolute atomic E-state index is 13.1. The van der Waals surface area contributed by atoms with Crippen LogP contribution in [0.15, 0.2) is 54.6 Å². The number of benzene rings is 2. The van der Waals surface area contributed by atoms with Crippen molar-refractivity contribution in [3.05, 3.63) is 60.2 Å². The summed E-state index contributed by atoms with van der Waals surface area (Å²) in [5, 5.41) is 13.1. The maximum atomic E-state index is 13.1. The van der Waals surface area contributed by atoms with E-state index in [1.807, 2.05) is 54.6 Å². The Bertz CT molecular complexity index is 1210.